The molecule has 0 spiro atoms. The number of aryl methyl sites for hydroxylation is 2. The molecule has 2 aliphatic rings. The number of hydrogen-bond donors (Lipinski definition) is 0. The second-order valence-corrected chi connectivity index (χ2v) is 10.9. The smallest absolute Gasteiger partial charge is 0.399 e. The van der Waals surface area contributed by atoms with Gasteiger partial charge in [-0.25, -0.2) is 0 Å². The summed E-state index contributed by atoms with van der Waals surface area (Å²) in [6, 6.07) is 8.76. The first-order valence-corrected chi connectivity index (χ1v) is 10.9. The van der Waals surface area contributed by atoms with Gasteiger partial charge in [-0.05, 0) is 102 Å². The lowest BCUT2D eigenvalue weighted by Crippen LogP contribution is -2.41. The van der Waals surface area contributed by atoms with Crippen molar-refractivity contribution in [2.45, 2.75) is 91.6 Å². The molecule has 0 unspecified atom stereocenters. The molecule has 2 heterocycles. The second kappa shape index (κ2) is 6.58. The van der Waals surface area contributed by atoms with E-state index in [4.69, 9.17) is 18.6 Å². The maximum atomic E-state index is 6.28. The van der Waals surface area contributed by atoms with E-state index in [9.17, 15) is 0 Å². The lowest BCUT2D eigenvalue weighted by Gasteiger charge is -2.32. The summed E-state index contributed by atoms with van der Waals surface area (Å²) >= 11 is 0. The molecule has 4 rings (SSSR count). The minimum absolute atomic E-state index is 0.351. The molecule has 0 amide bonds. The molecule has 0 aromatic heterocycles. The van der Waals surface area contributed by atoms with Crippen LogP contribution < -0.4 is 10.9 Å². The van der Waals surface area contributed by atoms with Crippen molar-refractivity contribution in [1.82, 2.24) is 0 Å². The van der Waals surface area contributed by atoms with Gasteiger partial charge < -0.3 is 18.6 Å². The molecule has 6 heteroatoms. The van der Waals surface area contributed by atoms with Crippen LogP contribution in [0.4, 0.5) is 0 Å². The van der Waals surface area contributed by atoms with Crippen molar-refractivity contribution in [2.75, 3.05) is 0 Å². The number of benzene rings is 2. The first-order valence-electron chi connectivity index (χ1n) is 10.9. The van der Waals surface area contributed by atoms with Crippen LogP contribution in [0.3, 0.4) is 0 Å². The van der Waals surface area contributed by atoms with Crippen LogP contribution in [-0.2, 0) is 18.6 Å². The monoisotopic (exact) mass is 408 g/mol. The van der Waals surface area contributed by atoms with Crippen molar-refractivity contribution in [3.05, 3.63) is 35.4 Å². The van der Waals surface area contributed by atoms with Crippen LogP contribution in [0.5, 0.6) is 0 Å². The number of rotatable bonds is 2. The third-order valence-corrected chi connectivity index (χ3v) is 7.58. The summed E-state index contributed by atoms with van der Waals surface area (Å²) in [7, 11) is -0.722. The summed E-state index contributed by atoms with van der Waals surface area (Å²) in [5.74, 6) is 0. The van der Waals surface area contributed by atoms with Crippen LogP contribution in [0.25, 0.3) is 10.8 Å². The summed E-state index contributed by atoms with van der Waals surface area (Å²) in [5.41, 5.74) is 3.10. The Morgan fingerprint density at radius 3 is 1.03 bits per heavy atom. The molecule has 0 aliphatic carbocycles. The largest absolute Gasteiger partial charge is 0.494 e. The van der Waals surface area contributed by atoms with E-state index < -0.39 is 0 Å². The molecule has 0 radical (unpaired) electrons. The molecule has 0 saturated carbocycles. The van der Waals surface area contributed by atoms with Crippen molar-refractivity contribution in [1.29, 1.82) is 0 Å². The van der Waals surface area contributed by atoms with Gasteiger partial charge in [0.2, 0.25) is 0 Å². The van der Waals surface area contributed by atoms with Crippen molar-refractivity contribution in [2.24, 2.45) is 0 Å². The van der Waals surface area contributed by atoms with Gasteiger partial charge in [0, 0.05) is 0 Å². The Labute approximate surface area is 181 Å². The maximum absolute atomic E-state index is 6.28. The van der Waals surface area contributed by atoms with E-state index in [1.54, 1.807) is 0 Å². The molecule has 30 heavy (non-hydrogen) atoms. The molecular weight excluding hydrogens is 374 g/mol. The van der Waals surface area contributed by atoms with E-state index in [0.29, 0.717) is 0 Å². The predicted molar refractivity (Wildman–Crippen MR) is 125 cm³/mol. The van der Waals surface area contributed by atoms with Gasteiger partial charge in [-0.1, -0.05) is 24.3 Å². The highest BCUT2D eigenvalue weighted by atomic mass is 16.7. The van der Waals surface area contributed by atoms with Gasteiger partial charge in [-0.3, -0.25) is 0 Å². The average molecular weight is 408 g/mol. The summed E-state index contributed by atoms with van der Waals surface area (Å²) in [6.45, 7) is 21.0. The van der Waals surface area contributed by atoms with E-state index in [1.807, 2.05) is 0 Å². The predicted octanol–water partition coefficient (Wildman–Crippen LogP) is 4.06. The lowest BCUT2D eigenvalue weighted by molar-refractivity contribution is 0.00578. The quantitative estimate of drug-likeness (QED) is 0.703. The first-order chi connectivity index (χ1) is 13.6. The summed E-state index contributed by atoms with van der Waals surface area (Å²) < 4.78 is 25.1. The molecule has 2 aromatic rings. The van der Waals surface area contributed by atoms with Crippen molar-refractivity contribution >= 4 is 35.9 Å². The van der Waals surface area contributed by atoms with Crippen LogP contribution in [0.15, 0.2) is 24.3 Å². The summed E-state index contributed by atoms with van der Waals surface area (Å²) in [4.78, 5) is 0. The zero-order valence-corrected chi connectivity index (χ0v) is 20.1. The molecule has 2 saturated heterocycles. The highest BCUT2D eigenvalue weighted by Crippen LogP contribution is 2.38. The van der Waals surface area contributed by atoms with Gasteiger partial charge in [0.05, 0.1) is 22.4 Å². The Hall–Kier alpha value is -1.33. The van der Waals surface area contributed by atoms with E-state index in [2.05, 4.69) is 93.5 Å². The topological polar surface area (TPSA) is 36.9 Å². The van der Waals surface area contributed by atoms with Gasteiger partial charge in [0.25, 0.3) is 0 Å². The fourth-order valence-electron chi connectivity index (χ4n) is 4.11. The molecule has 0 atom stereocenters. The Morgan fingerprint density at radius 2 is 0.767 bits per heavy atom. The van der Waals surface area contributed by atoms with Crippen LogP contribution in [-0.4, -0.2) is 36.6 Å². The van der Waals surface area contributed by atoms with Gasteiger partial charge >= 0.3 is 14.2 Å². The fraction of sp³-hybridized carbons (Fsp3) is 0.583. The Kier molecular flexibility index (Phi) is 4.80. The van der Waals surface area contributed by atoms with E-state index >= 15 is 0 Å². The number of fused-ring (bicyclic) bond motifs is 1. The Morgan fingerprint density at radius 1 is 0.500 bits per heavy atom. The third-order valence-electron chi connectivity index (χ3n) is 7.58. The maximum Gasteiger partial charge on any atom is 0.494 e. The Balaban J connectivity index is 1.73. The van der Waals surface area contributed by atoms with Crippen LogP contribution >= 0.6 is 0 Å². The van der Waals surface area contributed by atoms with E-state index in [1.165, 1.54) is 21.9 Å². The van der Waals surface area contributed by atoms with Crippen LogP contribution in [0.2, 0.25) is 0 Å². The van der Waals surface area contributed by atoms with Crippen LogP contribution in [0.1, 0.15) is 66.5 Å². The summed E-state index contributed by atoms with van der Waals surface area (Å²) in [5, 5.41) is 2.42. The zero-order valence-electron chi connectivity index (χ0n) is 20.1. The second-order valence-electron chi connectivity index (χ2n) is 10.9. The van der Waals surface area contributed by atoms with E-state index in [0.717, 1.165) is 10.9 Å². The normalized spacial score (nSPS) is 24.1. The molecule has 2 fully saturated rings. The average Bonchev–Trinajstić information content (AvgIpc) is 2.95. The number of hydrogen-bond acceptors (Lipinski definition) is 4. The first kappa shape index (κ1) is 21.9. The highest BCUT2D eigenvalue weighted by molar-refractivity contribution is 6.63. The van der Waals surface area contributed by atoms with Crippen molar-refractivity contribution in [3.8, 4) is 0 Å². The van der Waals surface area contributed by atoms with Crippen LogP contribution in [0, 0.1) is 13.8 Å². The minimum atomic E-state index is -0.361. The molecule has 2 aliphatic heterocycles. The summed E-state index contributed by atoms with van der Waals surface area (Å²) in [6.07, 6.45) is 0. The lowest BCUT2D eigenvalue weighted by atomic mass is 9.74. The zero-order chi connectivity index (χ0) is 22.3. The highest BCUT2D eigenvalue weighted by Gasteiger charge is 2.53. The van der Waals surface area contributed by atoms with Crippen molar-refractivity contribution in [3.63, 3.8) is 0 Å². The molecule has 2 aromatic carbocycles. The van der Waals surface area contributed by atoms with Gasteiger partial charge in [-0.2, -0.15) is 0 Å². The molecule has 0 bridgehead atoms. The standard InChI is InChI=1S/C24H34B2O4/c1-15-11-17(25-27-21(3,4)22(5,6)28-25)14-20-16(2)12-18(13-19(15)20)26-29-23(7,8)24(9,10)30-26/h11-14H,1-10H3. The van der Waals surface area contributed by atoms with Crippen molar-refractivity contribution < 1.29 is 18.6 Å². The van der Waals surface area contributed by atoms with E-state index in [-0.39, 0.29) is 36.6 Å². The molecule has 0 N–H and O–H groups in total. The van der Waals surface area contributed by atoms with Gasteiger partial charge in [0.1, 0.15) is 0 Å². The molecule has 4 nitrogen and oxygen atoms in total. The Bertz CT molecular complexity index is 897. The molecular formula is C24H34B2O4. The third kappa shape index (κ3) is 3.33. The van der Waals surface area contributed by atoms with Gasteiger partial charge in [0.15, 0.2) is 0 Å². The molecule has 160 valence electrons. The fourth-order valence-corrected chi connectivity index (χ4v) is 4.11. The van der Waals surface area contributed by atoms with Gasteiger partial charge in [-0.15, -0.1) is 0 Å². The SMILES string of the molecule is Cc1cc(B2OC(C)(C)C(C)(C)O2)cc2c(C)cc(B3OC(C)(C)C(C)(C)O3)cc12. The minimum Gasteiger partial charge on any atom is -0.399 e.